The number of hydrogen-bond acceptors (Lipinski definition) is 1. The van der Waals surface area contributed by atoms with Crippen LogP contribution in [0, 0.1) is 0 Å². The summed E-state index contributed by atoms with van der Waals surface area (Å²) in [6.07, 6.45) is 1.31. The summed E-state index contributed by atoms with van der Waals surface area (Å²) in [6.45, 7) is 8.27. The van der Waals surface area contributed by atoms with E-state index in [1.807, 2.05) is 0 Å². The molecule has 1 unspecified atom stereocenters. The molecule has 1 atom stereocenters. The van der Waals surface area contributed by atoms with Crippen molar-refractivity contribution in [2.45, 2.75) is 26.3 Å². The molecule has 0 saturated carbocycles. The quantitative estimate of drug-likeness (QED) is 0.543. The molecule has 1 rings (SSSR count). The van der Waals surface area contributed by atoms with Crippen molar-refractivity contribution in [3.05, 3.63) is 0 Å². The lowest BCUT2D eigenvalue weighted by atomic mass is 10.2. The second kappa shape index (κ2) is 3.11. The largest absolute Gasteiger partial charge is 0.312 e. The third-order valence-electron chi connectivity index (χ3n) is 2.94. The van der Waals surface area contributed by atoms with Crippen LogP contribution in [0.25, 0.3) is 0 Å². The first-order chi connectivity index (χ1) is 5.10. The molecule has 0 bridgehead atoms. The maximum atomic E-state index is 2.54. The summed E-state index contributed by atoms with van der Waals surface area (Å²) in [5, 5.41) is 0. The Hall–Kier alpha value is -0.0800. The van der Waals surface area contributed by atoms with Crippen molar-refractivity contribution in [3.8, 4) is 0 Å². The zero-order valence-corrected chi connectivity index (χ0v) is 8.30. The molecule has 0 aromatic heterocycles. The van der Waals surface area contributed by atoms with Crippen LogP contribution in [0.1, 0.15) is 20.3 Å². The summed E-state index contributed by atoms with van der Waals surface area (Å²) in [4.78, 5) is 2.54. The van der Waals surface area contributed by atoms with E-state index in [1.54, 1.807) is 0 Å². The molecule has 0 aromatic carbocycles. The van der Waals surface area contributed by atoms with Crippen molar-refractivity contribution in [1.82, 2.24) is 4.90 Å². The van der Waals surface area contributed by atoms with Gasteiger partial charge in [-0.25, -0.2) is 0 Å². The first kappa shape index (κ1) is 9.01. The van der Waals surface area contributed by atoms with Crippen molar-refractivity contribution in [2.75, 3.05) is 33.9 Å². The van der Waals surface area contributed by atoms with Crippen LogP contribution in [0.5, 0.6) is 0 Å². The first-order valence-corrected chi connectivity index (χ1v) is 4.65. The summed E-state index contributed by atoms with van der Waals surface area (Å²) in [5.41, 5.74) is 0. The van der Waals surface area contributed by atoms with Crippen LogP contribution in [-0.4, -0.2) is 49.3 Å². The van der Waals surface area contributed by atoms with E-state index in [-0.39, 0.29) is 0 Å². The van der Waals surface area contributed by atoms with Gasteiger partial charge in [0, 0.05) is 6.54 Å². The summed E-state index contributed by atoms with van der Waals surface area (Å²) in [7, 11) is 4.67. The predicted octanol–water partition coefficient (Wildman–Crippen LogP) is 1.13. The molecule has 2 heteroatoms. The number of nitrogens with zero attached hydrogens (tertiary/aromatic N) is 2. The van der Waals surface area contributed by atoms with E-state index in [0.717, 1.165) is 6.04 Å². The lowest BCUT2D eigenvalue weighted by Crippen LogP contribution is -2.44. The normalized spacial score (nSPS) is 31.1. The maximum Gasteiger partial charge on any atom is 0.135 e. The average Bonchev–Trinajstić information content (AvgIpc) is 2.24. The molecule has 0 radical (unpaired) electrons. The first-order valence-electron chi connectivity index (χ1n) is 4.65. The van der Waals surface area contributed by atoms with Crippen molar-refractivity contribution in [3.63, 3.8) is 0 Å². The van der Waals surface area contributed by atoms with E-state index < -0.39 is 0 Å². The molecule has 1 aliphatic heterocycles. The second-order valence-corrected chi connectivity index (χ2v) is 4.15. The Morgan fingerprint density at radius 1 is 1.36 bits per heavy atom. The van der Waals surface area contributed by atoms with Gasteiger partial charge in [0.1, 0.15) is 12.7 Å². The minimum Gasteiger partial charge on any atom is -0.312 e. The van der Waals surface area contributed by atoms with Gasteiger partial charge in [0.05, 0.1) is 20.6 Å². The lowest BCUT2D eigenvalue weighted by Gasteiger charge is -2.29. The Labute approximate surface area is 70.4 Å². The number of rotatable bonds is 2. The van der Waals surface area contributed by atoms with Gasteiger partial charge in [0.25, 0.3) is 0 Å². The molecular formula is C9H21N2+. The Bertz CT molecular complexity index is 132. The SMILES string of the molecule is CCC1CN(CC)C[N+]1(C)C. The summed E-state index contributed by atoms with van der Waals surface area (Å²) < 4.78 is 1.18. The molecule has 1 fully saturated rings. The van der Waals surface area contributed by atoms with Gasteiger partial charge in [-0.2, -0.15) is 0 Å². The smallest absolute Gasteiger partial charge is 0.135 e. The fraction of sp³-hybridized carbons (Fsp3) is 1.00. The van der Waals surface area contributed by atoms with Crippen LogP contribution >= 0.6 is 0 Å². The Morgan fingerprint density at radius 3 is 2.27 bits per heavy atom. The number of quaternary nitrogens is 1. The van der Waals surface area contributed by atoms with E-state index in [9.17, 15) is 0 Å². The van der Waals surface area contributed by atoms with Crippen molar-refractivity contribution < 1.29 is 4.48 Å². The van der Waals surface area contributed by atoms with Crippen LogP contribution < -0.4 is 0 Å². The lowest BCUT2D eigenvalue weighted by molar-refractivity contribution is -0.905. The molecule has 1 saturated heterocycles. The Balaban J connectivity index is 2.55. The molecular weight excluding hydrogens is 136 g/mol. The van der Waals surface area contributed by atoms with Gasteiger partial charge in [-0.1, -0.05) is 13.8 Å². The van der Waals surface area contributed by atoms with Gasteiger partial charge in [-0.15, -0.1) is 0 Å². The molecule has 2 nitrogen and oxygen atoms in total. The highest BCUT2D eigenvalue weighted by atomic mass is 15.5. The molecule has 0 aliphatic carbocycles. The Kier molecular flexibility index (Phi) is 2.55. The van der Waals surface area contributed by atoms with E-state index >= 15 is 0 Å². The zero-order chi connectivity index (χ0) is 8.48. The number of hydrogen-bond donors (Lipinski definition) is 0. The number of likely N-dealkylation sites (N-methyl/N-ethyl adjacent to an activating group) is 2. The minimum atomic E-state index is 0.856. The standard InChI is InChI=1S/C9H21N2/c1-5-9-7-10(6-2)8-11(9,3)4/h9H,5-8H2,1-4H3/q+1. The topological polar surface area (TPSA) is 3.24 Å². The van der Waals surface area contributed by atoms with Crippen LogP contribution in [0.3, 0.4) is 0 Å². The third kappa shape index (κ3) is 1.74. The minimum absolute atomic E-state index is 0.856. The highest BCUT2D eigenvalue weighted by Gasteiger charge is 2.36. The van der Waals surface area contributed by atoms with E-state index in [2.05, 4.69) is 32.8 Å². The van der Waals surface area contributed by atoms with Crippen molar-refractivity contribution >= 4 is 0 Å². The second-order valence-electron chi connectivity index (χ2n) is 4.15. The molecule has 0 aromatic rings. The van der Waals surface area contributed by atoms with Crippen molar-refractivity contribution in [1.29, 1.82) is 0 Å². The van der Waals surface area contributed by atoms with Gasteiger partial charge >= 0.3 is 0 Å². The summed E-state index contributed by atoms with van der Waals surface area (Å²) >= 11 is 0. The van der Waals surface area contributed by atoms with Crippen molar-refractivity contribution in [2.24, 2.45) is 0 Å². The maximum absolute atomic E-state index is 2.54. The predicted molar refractivity (Wildman–Crippen MR) is 48.3 cm³/mol. The highest BCUT2D eigenvalue weighted by molar-refractivity contribution is 4.68. The Morgan fingerprint density at radius 2 is 2.00 bits per heavy atom. The molecule has 1 heterocycles. The van der Waals surface area contributed by atoms with E-state index in [4.69, 9.17) is 0 Å². The fourth-order valence-corrected chi connectivity index (χ4v) is 2.06. The highest BCUT2D eigenvalue weighted by Crippen LogP contribution is 2.20. The molecule has 0 spiro atoms. The molecule has 66 valence electrons. The van der Waals surface area contributed by atoms with Gasteiger partial charge in [0.15, 0.2) is 0 Å². The van der Waals surface area contributed by atoms with Gasteiger partial charge in [-0.05, 0) is 6.42 Å². The fourth-order valence-electron chi connectivity index (χ4n) is 2.06. The monoisotopic (exact) mass is 157 g/mol. The molecule has 1 aliphatic rings. The van der Waals surface area contributed by atoms with Gasteiger partial charge in [-0.3, -0.25) is 4.90 Å². The van der Waals surface area contributed by atoms with E-state index in [1.165, 1.54) is 30.7 Å². The van der Waals surface area contributed by atoms with Crippen LogP contribution in [0.4, 0.5) is 0 Å². The van der Waals surface area contributed by atoms with Gasteiger partial charge in [0.2, 0.25) is 0 Å². The summed E-state index contributed by atoms with van der Waals surface area (Å²) in [6, 6.07) is 0.856. The third-order valence-corrected chi connectivity index (χ3v) is 2.94. The van der Waals surface area contributed by atoms with Crippen LogP contribution in [0.15, 0.2) is 0 Å². The zero-order valence-electron chi connectivity index (χ0n) is 8.30. The van der Waals surface area contributed by atoms with Crippen LogP contribution in [-0.2, 0) is 0 Å². The molecule has 11 heavy (non-hydrogen) atoms. The molecule has 0 N–H and O–H groups in total. The van der Waals surface area contributed by atoms with Gasteiger partial charge < -0.3 is 4.48 Å². The van der Waals surface area contributed by atoms with E-state index in [0.29, 0.717) is 0 Å². The average molecular weight is 157 g/mol. The summed E-state index contributed by atoms with van der Waals surface area (Å²) in [5.74, 6) is 0. The molecule has 0 amide bonds. The van der Waals surface area contributed by atoms with Crippen LogP contribution in [0.2, 0.25) is 0 Å².